The minimum atomic E-state index is 0.386. The number of hydrogen-bond acceptors (Lipinski definition) is 3. The third-order valence-electron chi connectivity index (χ3n) is 3.94. The fourth-order valence-corrected chi connectivity index (χ4v) is 2.93. The predicted octanol–water partition coefficient (Wildman–Crippen LogP) is 4.19. The van der Waals surface area contributed by atoms with Crippen LogP contribution in [0.1, 0.15) is 39.5 Å². The van der Waals surface area contributed by atoms with Gasteiger partial charge in [-0.05, 0) is 31.1 Å². The zero-order chi connectivity index (χ0) is 13.3. The van der Waals surface area contributed by atoms with Crippen molar-refractivity contribution in [2.75, 3.05) is 11.9 Å². The van der Waals surface area contributed by atoms with Gasteiger partial charge in [0.05, 0.1) is 5.69 Å². The van der Waals surface area contributed by atoms with Crippen molar-refractivity contribution in [3.8, 4) is 0 Å². The standard InChI is InChI=1S/C13H19Cl2N3/c1-13(2)6-4-9(5-7-13)18(3)10-8-11(14)16-17-12(10)15/h8-9H,4-7H2,1-3H3. The molecule has 3 nitrogen and oxygen atoms in total. The minimum Gasteiger partial charge on any atom is -0.369 e. The van der Waals surface area contributed by atoms with Crippen LogP contribution in [-0.4, -0.2) is 23.3 Å². The number of aromatic nitrogens is 2. The van der Waals surface area contributed by atoms with Gasteiger partial charge in [0.25, 0.3) is 0 Å². The van der Waals surface area contributed by atoms with Crippen LogP contribution in [0, 0.1) is 5.41 Å². The van der Waals surface area contributed by atoms with E-state index in [2.05, 4.69) is 36.0 Å². The zero-order valence-corrected chi connectivity index (χ0v) is 12.6. The van der Waals surface area contributed by atoms with E-state index >= 15 is 0 Å². The molecule has 1 aromatic rings. The Balaban J connectivity index is 2.12. The van der Waals surface area contributed by atoms with Crippen molar-refractivity contribution in [3.05, 3.63) is 16.4 Å². The van der Waals surface area contributed by atoms with Crippen molar-refractivity contribution < 1.29 is 0 Å². The van der Waals surface area contributed by atoms with Crippen LogP contribution in [0.15, 0.2) is 6.07 Å². The van der Waals surface area contributed by atoms with Crippen molar-refractivity contribution in [3.63, 3.8) is 0 Å². The first kappa shape index (κ1) is 13.9. The highest BCUT2D eigenvalue weighted by Crippen LogP contribution is 2.38. The van der Waals surface area contributed by atoms with Crippen molar-refractivity contribution in [1.82, 2.24) is 10.2 Å². The van der Waals surface area contributed by atoms with Gasteiger partial charge in [0.2, 0.25) is 0 Å². The molecule has 0 N–H and O–H groups in total. The van der Waals surface area contributed by atoms with E-state index in [0.717, 1.165) is 5.69 Å². The Morgan fingerprint density at radius 1 is 1.22 bits per heavy atom. The fourth-order valence-electron chi connectivity index (χ4n) is 2.56. The summed E-state index contributed by atoms with van der Waals surface area (Å²) >= 11 is 12.0. The molecule has 5 heteroatoms. The molecule has 1 heterocycles. The van der Waals surface area contributed by atoms with Gasteiger partial charge in [0, 0.05) is 19.2 Å². The molecule has 2 rings (SSSR count). The molecule has 0 spiro atoms. The van der Waals surface area contributed by atoms with Gasteiger partial charge < -0.3 is 4.90 Å². The Bertz CT molecular complexity index is 424. The van der Waals surface area contributed by atoms with Crippen LogP contribution in [0.4, 0.5) is 5.69 Å². The maximum Gasteiger partial charge on any atom is 0.175 e. The normalized spacial score (nSPS) is 19.8. The van der Waals surface area contributed by atoms with Crippen molar-refractivity contribution >= 4 is 28.9 Å². The molecule has 0 radical (unpaired) electrons. The molecule has 1 aliphatic rings. The van der Waals surface area contributed by atoms with E-state index in [-0.39, 0.29) is 0 Å². The smallest absolute Gasteiger partial charge is 0.175 e. The summed E-state index contributed by atoms with van der Waals surface area (Å²) in [6, 6.07) is 2.30. The van der Waals surface area contributed by atoms with Gasteiger partial charge >= 0.3 is 0 Å². The summed E-state index contributed by atoms with van der Waals surface area (Å²) in [6.07, 6.45) is 4.84. The van der Waals surface area contributed by atoms with E-state index in [1.165, 1.54) is 25.7 Å². The molecular formula is C13H19Cl2N3. The first-order valence-corrected chi connectivity index (χ1v) is 7.06. The van der Waals surface area contributed by atoms with E-state index in [1.54, 1.807) is 6.07 Å². The lowest BCUT2D eigenvalue weighted by Gasteiger charge is -2.39. The highest BCUT2D eigenvalue weighted by atomic mass is 35.5. The lowest BCUT2D eigenvalue weighted by atomic mass is 9.75. The predicted molar refractivity (Wildman–Crippen MR) is 76.5 cm³/mol. The largest absolute Gasteiger partial charge is 0.369 e. The minimum absolute atomic E-state index is 0.386. The van der Waals surface area contributed by atoms with E-state index in [0.29, 0.717) is 21.8 Å². The quantitative estimate of drug-likeness (QED) is 0.817. The van der Waals surface area contributed by atoms with Crippen molar-refractivity contribution in [2.24, 2.45) is 5.41 Å². The second-order valence-electron chi connectivity index (χ2n) is 5.85. The highest BCUT2D eigenvalue weighted by molar-refractivity contribution is 6.33. The highest BCUT2D eigenvalue weighted by Gasteiger charge is 2.29. The molecule has 1 fully saturated rings. The molecule has 1 saturated carbocycles. The Morgan fingerprint density at radius 3 is 2.44 bits per heavy atom. The summed E-state index contributed by atoms with van der Waals surface area (Å²) in [5.74, 6) is 0. The molecule has 0 aromatic carbocycles. The van der Waals surface area contributed by atoms with E-state index in [1.807, 2.05) is 0 Å². The molecule has 0 bridgehead atoms. The lowest BCUT2D eigenvalue weighted by Crippen LogP contribution is -2.37. The molecule has 1 aromatic heterocycles. The van der Waals surface area contributed by atoms with Gasteiger partial charge in [0.15, 0.2) is 10.3 Å². The third kappa shape index (κ3) is 3.07. The summed E-state index contributed by atoms with van der Waals surface area (Å²) in [4.78, 5) is 2.19. The number of rotatable bonds is 2. The summed E-state index contributed by atoms with van der Waals surface area (Å²) in [5, 5.41) is 8.42. The Morgan fingerprint density at radius 2 is 1.83 bits per heavy atom. The van der Waals surface area contributed by atoms with Crippen LogP contribution in [0.3, 0.4) is 0 Å². The average molecular weight is 288 g/mol. The van der Waals surface area contributed by atoms with Gasteiger partial charge in [-0.25, -0.2) is 0 Å². The van der Waals surface area contributed by atoms with Gasteiger partial charge in [-0.15, -0.1) is 10.2 Å². The van der Waals surface area contributed by atoms with Crippen molar-refractivity contribution in [2.45, 2.75) is 45.6 Å². The summed E-state index contributed by atoms with van der Waals surface area (Å²) in [6.45, 7) is 4.67. The number of nitrogens with zero attached hydrogens (tertiary/aromatic N) is 3. The van der Waals surface area contributed by atoms with Crippen LogP contribution in [0.2, 0.25) is 10.3 Å². The average Bonchev–Trinajstić information content (AvgIpc) is 2.31. The zero-order valence-electron chi connectivity index (χ0n) is 11.1. The van der Waals surface area contributed by atoms with Gasteiger partial charge in [-0.2, -0.15) is 0 Å². The third-order valence-corrected chi connectivity index (χ3v) is 4.39. The van der Waals surface area contributed by atoms with Gasteiger partial charge in [-0.3, -0.25) is 0 Å². The number of hydrogen-bond donors (Lipinski definition) is 0. The molecule has 18 heavy (non-hydrogen) atoms. The second kappa shape index (κ2) is 5.22. The summed E-state index contributed by atoms with van der Waals surface area (Å²) < 4.78 is 0. The Labute approximate surface area is 118 Å². The molecular weight excluding hydrogens is 269 g/mol. The van der Waals surface area contributed by atoms with Crippen LogP contribution in [-0.2, 0) is 0 Å². The van der Waals surface area contributed by atoms with E-state index < -0.39 is 0 Å². The van der Waals surface area contributed by atoms with Crippen LogP contribution >= 0.6 is 23.2 Å². The molecule has 0 amide bonds. The lowest BCUT2D eigenvalue weighted by molar-refractivity contribution is 0.222. The van der Waals surface area contributed by atoms with Gasteiger partial charge in [0.1, 0.15) is 0 Å². The SMILES string of the molecule is CN(c1cc(Cl)nnc1Cl)C1CCC(C)(C)CC1. The van der Waals surface area contributed by atoms with Crippen LogP contribution in [0.5, 0.6) is 0 Å². The maximum atomic E-state index is 6.09. The van der Waals surface area contributed by atoms with Crippen LogP contribution < -0.4 is 4.90 Å². The fraction of sp³-hybridized carbons (Fsp3) is 0.692. The maximum absolute atomic E-state index is 6.09. The molecule has 0 atom stereocenters. The van der Waals surface area contributed by atoms with Crippen LogP contribution in [0.25, 0.3) is 0 Å². The molecule has 100 valence electrons. The first-order chi connectivity index (χ1) is 8.39. The number of halogens is 2. The summed E-state index contributed by atoms with van der Waals surface area (Å²) in [5.41, 5.74) is 1.34. The van der Waals surface area contributed by atoms with E-state index in [9.17, 15) is 0 Å². The summed E-state index contributed by atoms with van der Waals surface area (Å²) in [7, 11) is 2.06. The Hall–Kier alpha value is -0.540. The second-order valence-corrected chi connectivity index (χ2v) is 6.59. The molecule has 0 saturated heterocycles. The molecule has 1 aliphatic carbocycles. The number of anilines is 1. The monoisotopic (exact) mass is 287 g/mol. The Kier molecular flexibility index (Phi) is 4.02. The van der Waals surface area contributed by atoms with Crippen molar-refractivity contribution in [1.29, 1.82) is 0 Å². The van der Waals surface area contributed by atoms with E-state index in [4.69, 9.17) is 23.2 Å². The molecule has 0 unspecified atom stereocenters. The van der Waals surface area contributed by atoms with Gasteiger partial charge in [-0.1, -0.05) is 37.0 Å². The first-order valence-electron chi connectivity index (χ1n) is 6.31. The molecule has 0 aliphatic heterocycles. The topological polar surface area (TPSA) is 29.0 Å².